The normalized spacial score (nSPS) is 11.4. The van der Waals surface area contributed by atoms with Crippen LogP contribution in [-0.2, 0) is 11.3 Å². The lowest BCUT2D eigenvalue weighted by molar-refractivity contribution is 0.0297. The van der Waals surface area contributed by atoms with Crippen molar-refractivity contribution in [2.24, 2.45) is 0 Å². The van der Waals surface area contributed by atoms with E-state index in [1.807, 2.05) is 32.9 Å². The average Bonchev–Trinajstić information content (AvgIpc) is 2.34. The minimum absolute atomic E-state index is 0.297. The van der Waals surface area contributed by atoms with Crippen LogP contribution in [0.5, 0.6) is 0 Å². The third-order valence-electron chi connectivity index (χ3n) is 2.80. The van der Waals surface area contributed by atoms with E-state index in [0.29, 0.717) is 23.1 Å². The van der Waals surface area contributed by atoms with Gasteiger partial charge in [-0.05, 0) is 57.5 Å². The van der Waals surface area contributed by atoms with Gasteiger partial charge in [-0.25, -0.2) is 4.79 Å². The topological polar surface area (TPSA) is 41.6 Å². The van der Waals surface area contributed by atoms with Crippen LogP contribution in [0.25, 0.3) is 0 Å². The SMILES string of the molecule is CN(CCCNCc1cc(Cl)cc(Cl)c1)C(=O)OC(C)(C)C. The Hall–Kier alpha value is -0.970. The molecule has 1 amide bonds. The highest BCUT2D eigenvalue weighted by molar-refractivity contribution is 6.34. The Kier molecular flexibility index (Phi) is 7.46. The Bertz CT molecular complexity index is 481. The lowest BCUT2D eigenvalue weighted by Crippen LogP contribution is -2.35. The van der Waals surface area contributed by atoms with E-state index in [-0.39, 0.29) is 6.09 Å². The lowest BCUT2D eigenvalue weighted by Gasteiger charge is -2.24. The van der Waals surface area contributed by atoms with Crippen molar-refractivity contribution in [2.45, 2.75) is 39.3 Å². The summed E-state index contributed by atoms with van der Waals surface area (Å²) in [5.74, 6) is 0. The van der Waals surface area contributed by atoms with Gasteiger partial charge in [0.1, 0.15) is 5.60 Å². The lowest BCUT2D eigenvalue weighted by atomic mass is 10.2. The second-order valence-electron chi connectivity index (χ2n) is 6.21. The van der Waals surface area contributed by atoms with Crippen molar-refractivity contribution >= 4 is 29.3 Å². The van der Waals surface area contributed by atoms with Crippen molar-refractivity contribution < 1.29 is 9.53 Å². The molecule has 6 heteroatoms. The highest BCUT2D eigenvalue weighted by Crippen LogP contribution is 2.18. The zero-order valence-electron chi connectivity index (χ0n) is 13.6. The second-order valence-corrected chi connectivity index (χ2v) is 7.08. The van der Waals surface area contributed by atoms with E-state index in [0.717, 1.165) is 18.5 Å². The third kappa shape index (κ3) is 7.87. The van der Waals surface area contributed by atoms with Crippen molar-refractivity contribution in [2.75, 3.05) is 20.1 Å². The predicted octanol–water partition coefficient (Wildman–Crippen LogP) is 4.34. The van der Waals surface area contributed by atoms with Gasteiger partial charge in [-0.15, -0.1) is 0 Å². The third-order valence-corrected chi connectivity index (χ3v) is 3.24. The summed E-state index contributed by atoms with van der Waals surface area (Å²) in [6.07, 6.45) is 0.540. The zero-order chi connectivity index (χ0) is 16.8. The standard InChI is InChI=1S/C16H24Cl2N2O2/c1-16(2,3)22-15(21)20(4)7-5-6-19-11-12-8-13(17)10-14(18)9-12/h8-10,19H,5-7,11H2,1-4H3. The molecule has 0 unspecified atom stereocenters. The van der Waals surface area contributed by atoms with E-state index in [9.17, 15) is 4.79 Å². The molecule has 124 valence electrons. The van der Waals surface area contributed by atoms with Crippen molar-refractivity contribution in [1.29, 1.82) is 0 Å². The molecule has 1 aromatic carbocycles. The number of carbonyl (C=O) groups excluding carboxylic acids is 1. The van der Waals surface area contributed by atoms with Crippen LogP contribution in [-0.4, -0.2) is 36.7 Å². The van der Waals surface area contributed by atoms with Crippen molar-refractivity contribution in [3.05, 3.63) is 33.8 Å². The molecular weight excluding hydrogens is 323 g/mol. The number of hydrogen-bond acceptors (Lipinski definition) is 3. The smallest absolute Gasteiger partial charge is 0.410 e. The molecule has 0 aliphatic heterocycles. The van der Waals surface area contributed by atoms with Gasteiger partial charge in [-0.3, -0.25) is 0 Å². The Balaban J connectivity index is 2.23. The van der Waals surface area contributed by atoms with Crippen LogP contribution in [0.3, 0.4) is 0 Å². The average molecular weight is 347 g/mol. The predicted molar refractivity (Wildman–Crippen MR) is 91.6 cm³/mol. The highest BCUT2D eigenvalue weighted by Gasteiger charge is 2.18. The molecule has 0 saturated heterocycles. The molecule has 22 heavy (non-hydrogen) atoms. The molecule has 4 nitrogen and oxygen atoms in total. The molecule has 0 heterocycles. The number of carbonyl (C=O) groups is 1. The molecule has 0 fully saturated rings. The van der Waals surface area contributed by atoms with Crippen LogP contribution >= 0.6 is 23.2 Å². The fraction of sp³-hybridized carbons (Fsp3) is 0.562. The fourth-order valence-electron chi connectivity index (χ4n) is 1.82. The number of nitrogens with zero attached hydrogens (tertiary/aromatic N) is 1. The molecule has 1 rings (SSSR count). The van der Waals surface area contributed by atoms with Crippen molar-refractivity contribution in [1.82, 2.24) is 10.2 Å². The van der Waals surface area contributed by atoms with Crippen LogP contribution < -0.4 is 5.32 Å². The minimum atomic E-state index is -0.463. The summed E-state index contributed by atoms with van der Waals surface area (Å²) < 4.78 is 5.29. The van der Waals surface area contributed by atoms with E-state index in [2.05, 4.69) is 5.32 Å². The van der Waals surface area contributed by atoms with Crippen LogP contribution in [0.15, 0.2) is 18.2 Å². The van der Waals surface area contributed by atoms with E-state index >= 15 is 0 Å². The fourth-order valence-corrected chi connectivity index (χ4v) is 2.39. The molecule has 0 aromatic heterocycles. The van der Waals surface area contributed by atoms with Gasteiger partial charge in [0, 0.05) is 30.2 Å². The first-order valence-electron chi connectivity index (χ1n) is 7.27. The highest BCUT2D eigenvalue weighted by atomic mass is 35.5. The zero-order valence-corrected chi connectivity index (χ0v) is 15.1. The maximum Gasteiger partial charge on any atom is 0.410 e. The Morgan fingerprint density at radius 2 is 1.82 bits per heavy atom. The second kappa shape index (κ2) is 8.61. The van der Waals surface area contributed by atoms with Gasteiger partial charge in [0.15, 0.2) is 0 Å². The molecule has 0 atom stereocenters. The van der Waals surface area contributed by atoms with Crippen LogP contribution in [0.1, 0.15) is 32.8 Å². The number of ether oxygens (including phenoxy) is 1. The van der Waals surface area contributed by atoms with Gasteiger partial charge >= 0.3 is 6.09 Å². The van der Waals surface area contributed by atoms with Gasteiger partial charge in [-0.2, -0.15) is 0 Å². The molecule has 0 aliphatic rings. The Morgan fingerprint density at radius 1 is 1.23 bits per heavy atom. The summed E-state index contributed by atoms with van der Waals surface area (Å²) in [5.41, 5.74) is 0.577. The molecule has 0 spiro atoms. The number of halogens is 2. The van der Waals surface area contributed by atoms with Crippen LogP contribution in [0.4, 0.5) is 4.79 Å². The minimum Gasteiger partial charge on any atom is -0.444 e. The maximum atomic E-state index is 11.8. The van der Waals surface area contributed by atoms with Gasteiger partial charge in [0.25, 0.3) is 0 Å². The number of amides is 1. The van der Waals surface area contributed by atoms with E-state index in [4.69, 9.17) is 27.9 Å². The first-order chi connectivity index (χ1) is 10.2. The summed E-state index contributed by atoms with van der Waals surface area (Å²) in [6, 6.07) is 5.48. The maximum absolute atomic E-state index is 11.8. The van der Waals surface area contributed by atoms with Gasteiger partial charge in [0.05, 0.1) is 0 Å². The Labute approximate surface area is 142 Å². The Morgan fingerprint density at radius 3 is 2.36 bits per heavy atom. The van der Waals surface area contributed by atoms with Crippen molar-refractivity contribution in [3.8, 4) is 0 Å². The van der Waals surface area contributed by atoms with E-state index in [1.54, 1.807) is 18.0 Å². The molecule has 1 N–H and O–H groups in total. The largest absolute Gasteiger partial charge is 0.444 e. The first kappa shape index (κ1) is 19.1. The molecule has 1 aromatic rings. The number of benzene rings is 1. The molecule has 0 aliphatic carbocycles. The van der Waals surface area contributed by atoms with Crippen LogP contribution in [0.2, 0.25) is 10.0 Å². The van der Waals surface area contributed by atoms with Crippen LogP contribution in [0, 0.1) is 0 Å². The summed E-state index contributed by atoms with van der Waals surface area (Å²) in [4.78, 5) is 13.4. The van der Waals surface area contributed by atoms with E-state index in [1.165, 1.54) is 0 Å². The summed E-state index contributed by atoms with van der Waals surface area (Å²) in [5, 5.41) is 4.57. The van der Waals surface area contributed by atoms with Gasteiger partial charge in [0.2, 0.25) is 0 Å². The summed E-state index contributed by atoms with van der Waals surface area (Å²) in [6.45, 7) is 7.69. The molecule has 0 radical (unpaired) electrons. The first-order valence-corrected chi connectivity index (χ1v) is 8.03. The number of hydrogen-bond donors (Lipinski definition) is 1. The van der Waals surface area contributed by atoms with Gasteiger partial charge < -0.3 is 15.0 Å². The molecule has 0 saturated carbocycles. The molecule has 0 bridgehead atoms. The molecular formula is C16H24Cl2N2O2. The summed E-state index contributed by atoms with van der Waals surface area (Å²) in [7, 11) is 1.74. The van der Waals surface area contributed by atoms with Gasteiger partial charge in [-0.1, -0.05) is 23.2 Å². The quantitative estimate of drug-likeness (QED) is 0.779. The van der Waals surface area contributed by atoms with Crippen molar-refractivity contribution in [3.63, 3.8) is 0 Å². The monoisotopic (exact) mass is 346 g/mol. The number of rotatable bonds is 6. The van der Waals surface area contributed by atoms with E-state index < -0.39 is 5.60 Å². The number of nitrogens with one attached hydrogen (secondary N) is 1. The summed E-state index contributed by atoms with van der Waals surface area (Å²) >= 11 is 11.9.